The largest absolute Gasteiger partial charge is 0.411 e. The summed E-state index contributed by atoms with van der Waals surface area (Å²) in [6.45, 7) is 0. The van der Waals surface area contributed by atoms with Crippen LogP contribution in [0, 0.1) is 0 Å². The van der Waals surface area contributed by atoms with E-state index < -0.39 is 0 Å². The summed E-state index contributed by atoms with van der Waals surface area (Å²) in [4.78, 5) is 14.9. The number of nitrogens with one attached hydrogen (secondary N) is 1. The summed E-state index contributed by atoms with van der Waals surface area (Å²) >= 11 is 0. The van der Waals surface area contributed by atoms with Crippen molar-refractivity contribution in [2.75, 3.05) is 19.0 Å². The number of anilines is 1. The van der Waals surface area contributed by atoms with Gasteiger partial charge in [0.2, 0.25) is 0 Å². The van der Waals surface area contributed by atoms with Crippen LogP contribution in [0.5, 0.6) is 0 Å². The molecule has 3 rings (SSSR count). The minimum atomic E-state index is -0.311. The molecule has 1 amide bonds. The monoisotopic (exact) mass is 399 g/mol. The van der Waals surface area contributed by atoms with Crippen molar-refractivity contribution in [3.63, 3.8) is 0 Å². The Morgan fingerprint density at radius 2 is 1.70 bits per heavy atom. The predicted octanol–water partition coefficient (Wildman–Crippen LogP) is 4.75. The first-order chi connectivity index (χ1) is 14.6. The van der Waals surface area contributed by atoms with Gasteiger partial charge in [-0.1, -0.05) is 59.8 Å². The van der Waals surface area contributed by atoms with E-state index in [2.05, 4.69) is 10.5 Å². The lowest BCUT2D eigenvalue weighted by molar-refractivity contribution is 0.0943. The standard InChI is InChI=1S/C25H25N3O2/c1-28(2)23-15-13-20(14-16-23)24(27-25(29)21-10-4-3-5-11-21)22-12-6-8-19(18-22)9-7-17-26-30/h3-18,24,30H,1-2H3,(H,27,29)/b9-7+,26-17+. The molecule has 2 N–H and O–H groups in total. The number of hydrogen-bond acceptors (Lipinski definition) is 4. The first-order valence-electron chi connectivity index (χ1n) is 9.66. The normalized spacial score (nSPS) is 12.2. The topological polar surface area (TPSA) is 64.9 Å². The van der Waals surface area contributed by atoms with Gasteiger partial charge in [0.25, 0.3) is 5.91 Å². The minimum Gasteiger partial charge on any atom is -0.411 e. The second kappa shape index (κ2) is 10.1. The van der Waals surface area contributed by atoms with E-state index in [0.717, 1.165) is 22.4 Å². The highest BCUT2D eigenvalue weighted by molar-refractivity contribution is 5.94. The van der Waals surface area contributed by atoms with Gasteiger partial charge in [-0.15, -0.1) is 0 Å². The number of oxime groups is 1. The Morgan fingerprint density at radius 1 is 0.967 bits per heavy atom. The number of carbonyl (C=O) groups is 1. The quantitative estimate of drug-likeness (QED) is 0.342. The molecule has 1 atom stereocenters. The lowest BCUT2D eigenvalue weighted by Crippen LogP contribution is -2.29. The van der Waals surface area contributed by atoms with Crippen molar-refractivity contribution < 1.29 is 10.0 Å². The van der Waals surface area contributed by atoms with E-state index in [-0.39, 0.29) is 11.9 Å². The maximum atomic E-state index is 12.9. The molecular formula is C25H25N3O2. The number of hydrogen-bond donors (Lipinski definition) is 2. The van der Waals surface area contributed by atoms with E-state index in [4.69, 9.17) is 5.21 Å². The Labute approximate surface area is 177 Å². The van der Waals surface area contributed by atoms with Crippen LogP contribution in [-0.2, 0) is 0 Å². The molecular weight excluding hydrogens is 374 g/mol. The van der Waals surface area contributed by atoms with Crippen LogP contribution in [0.3, 0.4) is 0 Å². The zero-order valence-electron chi connectivity index (χ0n) is 17.1. The van der Waals surface area contributed by atoms with Crippen LogP contribution < -0.4 is 10.2 Å². The van der Waals surface area contributed by atoms with Crippen LogP contribution in [0.1, 0.15) is 33.1 Å². The third kappa shape index (κ3) is 5.35. The Balaban J connectivity index is 1.97. The summed E-state index contributed by atoms with van der Waals surface area (Å²) in [6.07, 6.45) is 4.80. The molecule has 0 bridgehead atoms. The van der Waals surface area contributed by atoms with Crippen LogP contribution in [0.4, 0.5) is 5.69 Å². The number of carbonyl (C=O) groups excluding carboxylic acids is 1. The summed E-state index contributed by atoms with van der Waals surface area (Å²) < 4.78 is 0. The molecule has 0 fully saturated rings. The van der Waals surface area contributed by atoms with Crippen LogP contribution >= 0.6 is 0 Å². The van der Waals surface area contributed by atoms with Gasteiger partial charge in [-0.3, -0.25) is 4.79 Å². The van der Waals surface area contributed by atoms with Gasteiger partial charge < -0.3 is 15.4 Å². The first-order valence-corrected chi connectivity index (χ1v) is 9.66. The maximum absolute atomic E-state index is 12.9. The van der Waals surface area contributed by atoms with Gasteiger partial charge >= 0.3 is 0 Å². The Bertz CT molecular complexity index is 1030. The van der Waals surface area contributed by atoms with Gasteiger partial charge in [-0.25, -0.2) is 0 Å². The molecule has 5 nitrogen and oxygen atoms in total. The van der Waals surface area contributed by atoms with Crippen molar-refractivity contribution in [1.29, 1.82) is 0 Å². The molecule has 0 aliphatic heterocycles. The molecule has 0 aliphatic rings. The highest BCUT2D eigenvalue weighted by Gasteiger charge is 2.18. The molecule has 3 aromatic rings. The molecule has 0 radical (unpaired) electrons. The van der Waals surface area contributed by atoms with Gasteiger partial charge in [-0.05, 0) is 53.1 Å². The number of nitrogens with zero attached hydrogens (tertiary/aromatic N) is 2. The smallest absolute Gasteiger partial charge is 0.252 e. The zero-order valence-corrected chi connectivity index (χ0v) is 17.1. The number of benzene rings is 3. The van der Waals surface area contributed by atoms with Crippen molar-refractivity contribution in [3.8, 4) is 0 Å². The van der Waals surface area contributed by atoms with E-state index in [0.29, 0.717) is 5.56 Å². The molecule has 152 valence electrons. The van der Waals surface area contributed by atoms with Gasteiger partial charge in [0.15, 0.2) is 0 Å². The Kier molecular flexibility index (Phi) is 7.00. The van der Waals surface area contributed by atoms with E-state index in [1.54, 1.807) is 18.2 Å². The summed E-state index contributed by atoms with van der Waals surface area (Å²) in [5, 5.41) is 14.7. The predicted molar refractivity (Wildman–Crippen MR) is 122 cm³/mol. The first kappa shape index (κ1) is 20.9. The fraction of sp³-hybridized carbons (Fsp3) is 0.120. The van der Waals surface area contributed by atoms with Crippen LogP contribution in [0.25, 0.3) is 6.08 Å². The average Bonchev–Trinajstić information content (AvgIpc) is 2.78. The van der Waals surface area contributed by atoms with Gasteiger partial charge in [0.05, 0.1) is 12.3 Å². The minimum absolute atomic E-state index is 0.134. The lowest BCUT2D eigenvalue weighted by atomic mass is 9.96. The maximum Gasteiger partial charge on any atom is 0.252 e. The van der Waals surface area contributed by atoms with Crippen molar-refractivity contribution in [2.45, 2.75) is 6.04 Å². The average molecular weight is 399 g/mol. The van der Waals surface area contributed by atoms with E-state index in [9.17, 15) is 4.79 Å². The molecule has 0 aromatic heterocycles. The van der Waals surface area contributed by atoms with Gasteiger partial charge in [-0.2, -0.15) is 0 Å². The third-order valence-electron chi connectivity index (χ3n) is 4.74. The highest BCUT2D eigenvalue weighted by Crippen LogP contribution is 2.26. The number of amides is 1. The lowest BCUT2D eigenvalue weighted by Gasteiger charge is -2.22. The molecule has 1 unspecified atom stereocenters. The van der Waals surface area contributed by atoms with Crippen molar-refractivity contribution in [1.82, 2.24) is 5.32 Å². The summed E-state index contributed by atoms with van der Waals surface area (Å²) in [6, 6.07) is 24.9. The van der Waals surface area contributed by atoms with Gasteiger partial charge in [0, 0.05) is 25.3 Å². The molecule has 0 spiro atoms. The molecule has 0 saturated carbocycles. The van der Waals surface area contributed by atoms with Crippen LogP contribution in [0.15, 0.2) is 90.1 Å². The van der Waals surface area contributed by atoms with E-state index >= 15 is 0 Å². The fourth-order valence-corrected chi connectivity index (χ4v) is 3.16. The second-order valence-corrected chi connectivity index (χ2v) is 7.05. The van der Waals surface area contributed by atoms with Crippen molar-refractivity contribution in [2.24, 2.45) is 5.16 Å². The second-order valence-electron chi connectivity index (χ2n) is 7.05. The number of rotatable bonds is 7. The van der Waals surface area contributed by atoms with Crippen molar-refractivity contribution in [3.05, 3.63) is 107 Å². The molecule has 0 heterocycles. The number of allylic oxidation sites excluding steroid dienone is 1. The molecule has 0 aliphatic carbocycles. The summed E-state index contributed by atoms with van der Waals surface area (Å²) in [7, 11) is 3.99. The Hall–Kier alpha value is -3.86. The highest BCUT2D eigenvalue weighted by atomic mass is 16.4. The SMILES string of the molecule is CN(C)c1ccc(C(NC(=O)c2ccccc2)c2cccc(/C=C/C=N/O)c2)cc1. The molecule has 3 aromatic carbocycles. The van der Waals surface area contributed by atoms with Gasteiger partial charge in [0.1, 0.15) is 0 Å². The summed E-state index contributed by atoms with van der Waals surface area (Å²) in [5.41, 5.74) is 4.59. The Morgan fingerprint density at radius 3 is 2.37 bits per heavy atom. The fourth-order valence-electron chi connectivity index (χ4n) is 3.16. The zero-order chi connectivity index (χ0) is 21.3. The van der Waals surface area contributed by atoms with Crippen LogP contribution in [0.2, 0.25) is 0 Å². The molecule has 30 heavy (non-hydrogen) atoms. The van der Waals surface area contributed by atoms with Crippen molar-refractivity contribution >= 4 is 23.9 Å². The molecule has 0 saturated heterocycles. The summed E-state index contributed by atoms with van der Waals surface area (Å²) in [5.74, 6) is -0.134. The third-order valence-corrected chi connectivity index (χ3v) is 4.74. The van der Waals surface area contributed by atoms with E-state index in [1.807, 2.05) is 91.8 Å². The van der Waals surface area contributed by atoms with Crippen LogP contribution in [-0.4, -0.2) is 31.4 Å². The molecule has 5 heteroatoms. The van der Waals surface area contributed by atoms with E-state index in [1.165, 1.54) is 6.21 Å².